The molecule has 0 amide bonds. The molecule has 4 nitrogen and oxygen atoms in total. The lowest BCUT2D eigenvalue weighted by atomic mass is 9.43. The summed E-state index contributed by atoms with van der Waals surface area (Å²) in [5, 5.41) is 4.99. The van der Waals surface area contributed by atoms with E-state index in [1.54, 1.807) is 22.3 Å². The van der Waals surface area contributed by atoms with Gasteiger partial charge in [0.2, 0.25) is 0 Å². The van der Waals surface area contributed by atoms with Crippen molar-refractivity contribution in [1.82, 2.24) is 9.13 Å². The molecule has 126 heavy (non-hydrogen) atoms. The fourth-order valence-electron chi connectivity index (χ4n) is 27.0. The molecule has 0 unspecified atom stereocenters. The van der Waals surface area contributed by atoms with Gasteiger partial charge in [-0.1, -0.05) is 297 Å². The minimum Gasteiger partial charge on any atom is -0.310 e. The van der Waals surface area contributed by atoms with E-state index in [4.69, 9.17) is 0 Å². The molecule has 2 aromatic heterocycles. The molecule has 29 rings (SSSR count). The van der Waals surface area contributed by atoms with Crippen LogP contribution in [0.25, 0.3) is 133 Å². The number of para-hydroxylation sites is 5. The first kappa shape index (κ1) is 73.5. The number of rotatable bonds is 13. The molecule has 8 bridgehead atoms. The normalized spacial score (nSPS) is 21.6. The second-order valence-electron chi connectivity index (χ2n) is 37.8. The first-order chi connectivity index (χ1) is 62.4. The van der Waals surface area contributed by atoms with E-state index < -0.39 is 0 Å². The number of fused-ring (bicyclic) bond motifs is 12. The average molecular weight is 1620 g/mol. The molecule has 4 heteroatoms. The van der Waals surface area contributed by atoms with Crippen molar-refractivity contribution in [3.63, 3.8) is 0 Å². The summed E-state index contributed by atoms with van der Waals surface area (Å²) >= 11 is 0. The van der Waals surface area contributed by atoms with Crippen LogP contribution in [0.1, 0.15) is 86.5 Å². The van der Waals surface area contributed by atoms with Crippen LogP contribution in [0.5, 0.6) is 0 Å². The van der Waals surface area contributed by atoms with Gasteiger partial charge in [0.25, 0.3) is 0 Å². The molecule has 2 spiro atoms. The highest BCUT2D eigenvalue weighted by molar-refractivity contribution is 6.12. The molecule has 0 atom stereocenters. The van der Waals surface area contributed by atoms with Crippen molar-refractivity contribution < 1.29 is 0 Å². The van der Waals surface area contributed by atoms with E-state index in [1.165, 1.54) is 191 Å². The van der Waals surface area contributed by atoms with E-state index in [0.29, 0.717) is 0 Å². The van der Waals surface area contributed by atoms with Gasteiger partial charge in [0, 0.05) is 77.9 Å². The van der Waals surface area contributed by atoms with Crippen LogP contribution in [-0.2, 0) is 10.8 Å². The van der Waals surface area contributed by atoms with E-state index in [9.17, 15) is 0 Å². The summed E-state index contributed by atoms with van der Waals surface area (Å²) in [7, 11) is 0. The minimum atomic E-state index is 0.181. The summed E-state index contributed by atoms with van der Waals surface area (Å²) in [6.07, 6.45) is 14.2. The van der Waals surface area contributed by atoms with Crippen LogP contribution < -0.4 is 9.80 Å². The van der Waals surface area contributed by atoms with Crippen LogP contribution in [0, 0.1) is 47.3 Å². The summed E-state index contributed by atoms with van der Waals surface area (Å²) in [6.45, 7) is 0. The Kier molecular flexibility index (Phi) is 17.1. The fourth-order valence-corrected chi connectivity index (χ4v) is 27.0. The highest BCUT2D eigenvalue weighted by Gasteiger charge is 2.63. The smallest absolute Gasteiger partial charge is 0.0561 e. The van der Waals surface area contributed by atoms with Gasteiger partial charge in [-0.3, -0.25) is 0 Å². The summed E-state index contributed by atoms with van der Waals surface area (Å²) < 4.78 is 4.78. The first-order valence-corrected chi connectivity index (χ1v) is 46.3. The fraction of sp³-hybridized carbons (Fsp3) is 0.164. The Hall–Kier alpha value is -14.1. The van der Waals surface area contributed by atoms with Crippen LogP contribution in [0.3, 0.4) is 0 Å². The van der Waals surface area contributed by atoms with Crippen molar-refractivity contribution in [2.45, 2.75) is 75.0 Å². The largest absolute Gasteiger partial charge is 0.310 e. The third-order valence-corrected chi connectivity index (χ3v) is 31.6. The predicted octanol–water partition coefficient (Wildman–Crippen LogP) is 32.3. The zero-order valence-corrected chi connectivity index (χ0v) is 70.7. The number of nitrogens with zero attached hydrogens (tertiary/aromatic N) is 4. The van der Waals surface area contributed by atoms with Gasteiger partial charge in [0.1, 0.15) is 0 Å². The van der Waals surface area contributed by atoms with Gasteiger partial charge in [-0.2, -0.15) is 0 Å². The summed E-state index contributed by atoms with van der Waals surface area (Å²) in [5.74, 6) is 6.87. The zero-order valence-electron chi connectivity index (χ0n) is 70.7. The molecule has 2 heterocycles. The maximum Gasteiger partial charge on any atom is 0.0561 e. The molecule has 19 aromatic rings. The summed E-state index contributed by atoms with van der Waals surface area (Å²) in [6, 6.07) is 154. The van der Waals surface area contributed by atoms with Gasteiger partial charge in [0.15, 0.2) is 0 Å². The van der Waals surface area contributed by atoms with E-state index in [-0.39, 0.29) is 10.8 Å². The summed E-state index contributed by atoms with van der Waals surface area (Å²) in [4.78, 5) is 4.78. The Bertz CT molecular complexity index is 7370. The molecule has 8 saturated carbocycles. The molecule has 10 aliphatic carbocycles. The third-order valence-electron chi connectivity index (χ3n) is 31.6. The number of hydrogen-bond donors (Lipinski definition) is 0. The van der Waals surface area contributed by atoms with Crippen molar-refractivity contribution in [2.75, 3.05) is 9.80 Å². The number of aromatic nitrogens is 2. The SMILES string of the molecule is c1ccc(-c2ccc(N(c3ccc(-c4ccc(-c5cccc6c5-c5ccccc5C65C6CC7CC(C6)CC5C7)cc4)cc3)c3ccc4c5ccccc5n(-c5ccccc5)c4c3)cc2)cc1.c1ccc(N(c2ccc(-c3ccc(-c4cccc5c4-c4ccccc4C54C5CC6CC(C5)CC4C6)cc3)cc2)c2ccc3c(c2)c2ccccc2n3-c2ccccc2)cc1. The topological polar surface area (TPSA) is 16.3 Å². The maximum absolute atomic E-state index is 2.51. The lowest BCUT2D eigenvalue weighted by Gasteiger charge is -2.61. The molecule has 8 fully saturated rings. The maximum atomic E-state index is 2.51. The Balaban J connectivity index is 0.000000135. The van der Waals surface area contributed by atoms with Crippen molar-refractivity contribution in [3.05, 3.63) is 435 Å². The molecular weight excluding hydrogens is 1520 g/mol. The second-order valence-corrected chi connectivity index (χ2v) is 37.8. The molecule has 10 aliphatic rings. The second kappa shape index (κ2) is 29.3. The van der Waals surface area contributed by atoms with Crippen molar-refractivity contribution in [3.8, 4) is 89.3 Å². The molecule has 0 aliphatic heterocycles. The van der Waals surface area contributed by atoms with Crippen molar-refractivity contribution in [2.24, 2.45) is 47.3 Å². The summed E-state index contributed by atoms with van der Waals surface area (Å²) in [5.41, 5.74) is 39.4. The molecule has 0 N–H and O–H groups in total. The van der Waals surface area contributed by atoms with E-state index in [0.717, 1.165) is 87.2 Å². The molecule has 17 aromatic carbocycles. The quantitative estimate of drug-likeness (QED) is 0.114. The highest BCUT2D eigenvalue weighted by atomic mass is 15.2. The molecule has 604 valence electrons. The minimum absolute atomic E-state index is 0.181. The Labute approximate surface area is 738 Å². The average Bonchev–Trinajstić information content (AvgIpc) is 1.50. The van der Waals surface area contributed by atoms with Gasteiger partial charge >= 0.3 is 0 Å². The molecular formula is C122H96N4. The Morgan fingerprint density at radius 3 is 0.929 bits per heavy atom. The standard InChI is InChI=1S/C64H50N2.C58H46N2/c1-3-12-44(13-4-1)46-26-30-52(31-27-46)65(54-34-35-57-56-16-8-10-21-61(56)66(62(57)41-54)51-14-5-2-6-15-51)53-32-28-47(29-33-53)45-22-24-48(25-23-45)55-18-11-20-60-63(55)58-17-7-9-19-59(58)64(60)49-37-42-36-43(39-49)40-50(64)38-42;1-3-12-45(13-4-1)59(48-30-31-56-52(37-48)50-16-8-10-21-55(50)60(56)46-14-5-2-6-15-46)47-28-26-41(27-29-47)40-22-24-42(25-23-40)49-18-11-20-54-57(49)51-17-7-9-19-53(51)58(54)43-33-38-32-39(35-43)36-44(58)34-38/h1-35,41-43,49-50H,36-40H2;1-31,37-39,43-44H,32-36H2. The lowest BCUT2D eigenvalue weighted by Crippen LogP contribution is -2.55. The first-order valence-electron chi connectivity index (χ1n) is 46.3. The van der Waals surface area contributed by atoms with Gasteiger partial charge in [-0.05, 0) is 327 Å². The Morgan fingerprint density at radius 2 is 0.484 bits per heavy atom. The number of hydrogen-bond acceptors (Lipinski definition) is 2. The van der Waals surface area contributed by atoms with E-state index >= 15 is 0 Å². The van der Waals surface area contributed by atoms with E-state index in [2.05, 4.69) is 431 Å². The highest BCUT2D eigenvalue weighted by Crippen LogP contribution is 2.72. The number of anilines is 6. The third kappa shape index (κ3) is 11.4. The van der Waals surface area contributed by atoms with Gasteiger partial charge in [-0.15, -0.1) is 0 Å². The van der Waals surface area contributed by atoms with E-state index in [1.807, 2.05) is 0 Å². The Morgan fingerprint density at radius 1 is 0.190 bits per heavy atom. The predicted molar refractivity (Wildman–Crippen MR) is 525 cm³/mol. The van der Waals surface area contributed by atoms with Crippen molar-refractivity contribution >= 4 is 77.7 Å². The number of benzene rings is 17. The van der Waals surface area contributed by atoms with Crippen LogP contribution in [-0.4, -0.2) is 9.13 Å². The van der Waals surface area contributed by atoms with Crippen LogP contribution >= 0.6 is 0 Å². The van der Waals surface area contributed by atoms with Gasteiger partial charge in [-0.25, -0.2) is 0 Å². The van der Waals surface area contributed by atoms with Crippen LogP contribution in [0.15, 0.2) is 413 Å². The lowest BCUT2D eigenvalue weighted by molar-refractivity contribution is -0.0399. The van der Waals surface area contributed by atoms with Crippen molar-refractivity contribution in [1.29, 1.82) is 0 Å². The zero-order chi connectivity index (χ0) is 82.7. The van der Waals surface area contributed by atoms with Gasteiger partial charge in [0.05, 0.1) is 22.1 Å². The van der Waals surface area contributed by atoms with Crippen LogP contribution in [0.2, 0.25) is 0 Å². The molecule has 0 saturated heterocycles. The monoisotopic (exact) mass is 1620 g/mol. The van der Waals surface area contributed by atoms with Crippen LogP contribution in [0.4, 0.5) is 34.1 Å². The van der Waals surface area contributed by atoms with Gasteiger partial charge < -0.3 is 18.9 Å². The molecule has 0 radical (unpaired) electrons.